The van der Waals surface area contributed by atoms with Gasteiger partial charge in [0.05, 0.1) is 18.2 Å². The molecule has 0 aliphatic carbocycles. The van der Waals surface area contributed by atoms with Crippen molar-refractivity contribution in [1.82, 2.24) is 0 Å². The maximum atomic E-state index is 11.3. The molecule has 4 heteroatoms. The predicted octanol–water partition coefficient (Wildman–Crippen LogP) is 2.83. The van der Waals surface area contributed by atoms with Gasteiger partial charge in [0.25, 0.3) is 0 Å². The second-order valence-corrected chi connectivity index (χ2v) is 3.67. The monoisotopic (exact) mass is 237 g/mol. The molecule has 84 valence electrons. The fourth-order valence-electron chi connectivity index (χ4n) is 1.39. The third-order valence-corrected chi connectivity index (χ3v) is 2.62. The lowest BCUT2D eigenvalue weighted by molar-refractivity contribution is -0.116. The molecule has 0 aromatic heterocycles. The van der Waals surface area contributed by atoms with Crippen molar-refractivity contribution in [2.45, 2.75) is 19.2 Å². The van der Waals surface area contributed by atoms with Crippen LogP contribution in [0.4, 0.5) is 0 Å². The summed E-state index contributed by atoms with van der Waals surface area (Å²) in [5.41, 5.74) is 0.835. The summed E-state index contributed by atoms with van der Waals surface area (Å²) in [4.78, 5) is 11.3. The molecule has 0 radical (unpaired) electrons. The Balaban J connectivity index is 3.30. The van der Waals surface area contributed by atoms with Crippen molar-refractivity contribution in [3.63, 3.8) is 0 Å². The summed E-state index contributed by atoms with van der Waals surface area (Å²) >= 11 is 5.99. The molecule has 0 fully saturated rings. The van der Waals surface area contributed by atoms with Crippen molar-refractivity contribution in [3.8, 4) is 11.8 Å². The summed E-state index contributed by atoms with van der Waals surface area (Å²) in [5, 5.41) is 8.13. The lowest BCUT2D eigenvalue weighted by Gasteiger charge is -2.14. The van der Waals surface area contributed by atoms with Crippen LogP contribution in [0.3, 0.4) is 0 Å². The van der Waals surface area contributed by atoms with E-state index in [-0.39, 0.29) is 5.78 Å². The lowest BCUT2D eigenvalue weighted by Crippen LogP contribution is -2.07. The number of benzene rings is 1. The average molecular weight is 238 g/mol. The quantitative estimate of drug-likeness (QED) is 0.757. The zero-order chi connectivity index (χ0) is 12.1. The van der Waals surface area contributed by atoms with Gasteiger partial charge in [-0.15, -0.1) is 11.6 Å². The summed E-state index contributed by atoms with van der Waals surface area (Å²) in [5.74, 6) is 0.294. The van der Waals surface area contributed by atoms with E-state index in [1.54, 1.807) is 18.2 Å². The van der Waals surface area contributed by atoms with E-state index < -0.39 is 5.38 Å². The normalized spacial score (nSPS) is 11.6. The van der Waals surface area contributed by atoms with E-state index in [0.717, 1.165) is 0 Å². The van der Waals surface area contributed by atoms with Crippen molar-refractivity contribution < 1.29 is 9.53 Å². The number of halogens is 1. The van der Waals surface area contributed by atoms with Gasteiger partial charge in [0, 0.05) is 5.56 Å². The van der Waals surface area contributed by atoms with Gasteiger partial charge in [-0.05, 0) is 26.0 Å². The Morgan fingerprint density at radius 2 is 2.31 bits per heavy atom. The maximum absolute atomic E-state index is 11.3. The van der Waals surface area contributed by atoms with Crippen molar-refractivity contribution >= 4 is 17.4 Å². The van der Waals surface area contributed by atoms with E-state index >= 15 is 0 Å². The number of ketones is 1. The highest BCUT2D eigenvalue weighted by molar-refractivity contribution is 6.31. The van der Waals surface area contributed by atoms with Crippen LogP contribution in [0.25, 0.3) is 0 Å². The molecule has 0 heterocycles. The number of Topliss-reactive ketones (excluding diaryl/α,β-unsaturated/α-hetero) is 1. The Kier molecular flexibility index (Phi) is 4.33. The highest BCUT2D eigenvalue weighted by Gasteiger charge is 2.21. The molecule has 1 aromatic carbocycles. The number of carbonyl (C=O) groups is 1. The van der Waals surface area contributed by atoms with Gasteiger partial charge in [-0.1, -0.05) is 6.07 Å². The molecule has 0 amide bonds. The van der Waals surface area contributed by atoms with Gasteiger partial charge in [-0.25, -0.2) is 0 Å². The summed E-state index contributed by atoms with van der Waals surface area (Å²) in [6.07, 6.45) is 0. The van der Waals surface area contributed by atoms with Crippen LogP contribution in [-0.2, 0) is 4.79 Å². The number of nitriles is 1. The predicted molar refractivity (Wildman–Crippen MR) is 61.6 cm³/mol. The maximum Gasteiger partial charge on any atom is 0.152 e. The first-order valence-electron chi connectivity index (χ1n) is 4.92. The molecule has 16 heavy (non-hydrogen) atoms. The molecular weight excluding hydrogens is 226 g/mol. The van der Waals surface area contributed by atoms with Gasteiger partial charge in [-0.2, -0.15) is 5.26 Å². The Labute approximate surface area is 99.6 Å². The Morgan fingerprint density at radius 1 is 1.62 bits per heavy atom. The van der Waals surface area contributed by atoms with Gasteiger partial charge in [0.15, 0.2) is 5.78 Å². The van der Waals surface area contributed by atoms with Crippen molar-refractivity contribution in [2.75, 3.05) is 6.61 Å². The van der Waals surface area contributed by atoms with E-state index in [0.29, 0.717) is 23.5 Å². The van der Waals surface area contributed by atoms with E-state index in [1.165, 1.54) is 6.92 Å². The van der Waals surface area contributed by atoms with Gasteiger partial charge >= 0.3 is 0 Å². The highest BCUT2D eigenvalue weighted by Crippen LogP contribution is 2.33. The first-order valence-corrected chi connectivity index (χ1v) is 5.35. The van der Waals surface area contributed by atoms with Crippen LogP contribution in [0.5, 0.6) is 5.75 Å². The number of ether oxygens (including phenoxy) is 1. The third-order valence-electron chi connectivity index (χ3n) is 2.10. The fourth-order valence-corrected chi connectivity index (χ4v) is 1.61. The second-order valence-electron chi connectivity index (χ2n) is 3.24. The van der Waals surface area contributed by atoms with E-state index in [9.17, 15) is 4.79 Å². The number of nitrogens with zero attached hydrogens (tertiary/aromatic N) is 1. The van der Waals surface area contributed by atoms with Crippen LogP contribution in [0, 0.1) is 11.3 Å². The number of hydrogen-bond acceptors (Lipinski definition) is 3. The third kappa shape index (κ3) is 2.53. The van der Waals surface area contributed by atoms with Gasteiger partial charge in [-0.3, -0.25) is 4.79 Å². The van der Waals surface area contributed by atoms with Crippen molar-refractivity contribution in [2.24, 2.45) is 0 Å². The van der Waals surface area contributed by atoms with Gasteiger partial charge < -0.3 is 4.74 Å². The second kappa shape index (κ2) is 5.53. The zero-order valence-corrected chi connectivity index (χ0v) is 9.91. The first kappa shape index (κ1) is 12.5. The molecule has 0 bridgehead atoms. The minimum absolute atomic E-state index is 0.203. The molecule has 1 unspecified atom stereocenters. The van der Waals surface area contributed by atoms with Gasteiger partial charge in [0.2, 0.25) is 0 Å². The molecular formula is C12H12ClNO2. The van der Waals surface area contributed by atoms with Crippen LogP contribution < -0.4 is 4.74 Å². The summed E-state index contributed by atoms with van der Waals surface area (Å²) in [6, 6.07) is 7.05. The van der Waals surface area contributed by atoms with E-state index in [1.807, 2.05) is 13.0 Å². The molecule has 3 nitrogen and oxygen atoms in total. The van der Waals surface area contributed by atoms with Crippen LogP contribution in [0.15, 0.2) is 18.2 Å². The summed E-state index contributed by atoms with van der Waals surface area (Å²) in [7, 11) is 0. The minimum Gasteiger partial charge on any atom is -0.493 e. The van der Waals surface area contributed by atoms with Crippen molar-refractivity contribution in [1.29, 1.82) is 5.26 Å². The van der Waals surface area contributed by atoms with Crippen molar-refractivity contribution in [3.05, 3.63) is 29.3 Å². The summed E-state index contributed by atoms with van der Waals surface area (Å²) < 4.78 is 5.36. The Hall–Kier alpha value is -1.53. The summed E-state index contributed by atoms with van der Waals surface area (Å²) in [6.45, 7) is 3.69. The number of carbonyl (C=O) groups excluding carboxylic acids is 1. The average Bonchev–Trinajstić information content (AvgIpc) is 2.28. The molecule has 1 atom stereocenters. The minimum atomic E-state index is -0.836. The first-order chi connectivity index (χ1) is 7.61. The Morgan fingerprint density at radius 3 is 2.81 bits per heavy atom. The zero-order valence-electron chi connectivity index (χ0n) is 9.16. The fraction of sp³-hybridized carbons (Fsp3) is 0.333. The van der Waals surface area contributed by atoms with E-state index in [2.05, 4.69) is 0 Å². The topological polar surface area (TPSA) is 50.1 Å². The largest absolute Gasteiger partial charge is 0.493 e. The van der Waals surface area contributed by atoms with Crippen LogP contribution in [0.2, 0.25) is 0 Å². The molecule has 0 saturated heterocycles. The van der Waals surface area contributed by atoms with E-state index in [4.69, 9.17) is 21.6 Å². The standard InChI is InChI=1S/C12H12ClNO2/c1-3-16-10-6-4-5-9(7-14)11(10)12(13)8(2)15/h4-6,12H,3H2,1-2H3. The van der Waals surface area contributed by atoms with Crippen LogP contribution in [0.1, 0.15) is 30.4 Å². The number of alkyl halides is 1. The Bertz CT molecular complexity index is 437. The number of hydrogen-bond donors (Lipinski definition) is 0. The smallest absolute Gasteiger partial charge is 0.152 e. The highest BCUT2D eigenvalue weighted by atomic mass is 35.5. The number of rotatable bonds is 4. The SMILES string of the molecule is CCOc1cccc(C#N)c1C(Cl)C(C)=O. The molecule has 0 N–H and O–H groups in total. The molecule has 1 rings (SSSR count). The molecule has 0 saturated carbocycles. The van der Waals surface area contributed by atoms with Crippen LogP contribution in [-0.4, -0.2) is 12.4 Å². The van der Waals surface area contributed by atoms with Gasteiger partial charge in [0.1, 0.15) is 11.1 Å². The van der Waals surface area contributed by atoms with Crippen LogP contribution >= 0.6 is 11.6 Å². The lowest BCUT2D eigenvalue weighted by atomic mass is 10.0. The molecule has 0 aliphatic rings. The molecule has 0 spiro atoms. The molecule has 0 aliphatic heterocycles. The molecule has 1 aromatic rings.